The summed E-state index contributed by atoms with van der Waals surface area (Å²) in [6.07, 6.45) is 3.19. The van der Waals surface area contributed by atoms with Gasteiger partial charge in [-0.2, -0.15) is 4.68 Å². The molecule has 7 nitrogen and oxygen atoms in total. The van der Waals surface area contributed by atoms with Gasteiger partial charge in [-0.15, -0.1) is 5.10 Å². The first-order valence-corrected chi connectivity index (χ1v) is 9.85. The zero-order valence-electron chi connectivity index (χ0n) is 15.7. The standard InChI is InChI=1S/C21H23N5O2/c1-2-6-17(7-3-1)26-21(22-23-24-26)15-25-11-4-8-18(25)16-9-10-19-20(14-16)28-13-5-12-27-19/h1-3,6-7,9-10,14,18H,4-5,8,11-13,15H2. The van der Waals surface area contributed by atoms with Crippen LogP contribution in [0.3, 0.4) is 0 Å². The number of hydrogen-bond donors (Lipinski definition) is 0. The third-order valence-electron chi connectivity index (χ3n) is 5.40. The van der Waals surface area contributed by atoms with Crippen molar-refractivity contribution in [3.8, 4) is 17.2 Å². The number of fused-ring (bicyclic) bond motifs is 1. The van der Waals surface area contributed by atoms with E-state index in [4.69, 9.17) is 9.47 Å². The average molecular weight is 377 g/mol. The fourth-order valence-electron chi connectivity index (χ4n) is 4.04. The van der Waals surface area contributed by atoms with Gasteiger partial charge in [-0.25, -0.2) is 0 Å². The highest BCUT2D eigenvalue weighted by molar-refractivity contribution is 5.44. The molecule has 5 rings (SSSR count). The molecule has 0 aliphatic carbocycles. The Morgan fingerprint density at radius 3 is 2.71 bits per heavy atom. The summed E-state index contributed by atoms with van der Waals surface area (Å²) in [6.45, 7) is 3.16. The SMILES string of the molecule is c1ccc(-n2nnnc2CN2CCCC2c2ccc3c(c2)OCCCO3)cc1. The topological polar surface area (TPSA) is 65.3 Å². The first-order valence-electron chi connectivity index (χ1n) is 9.85. The number of likely N-dealkylation sites (tertiary alicyclic amines) is 1. The Hall–Kier alpha value is -2.93. The third-order valence-corrected chi connectivity index (χ3v) is 5.40. The highest BCUT2D eigenvalue weighted by atomic mass is 16.5. The Labute approximate surface area is 163 Å². The van der Waals surface area contributed by atoms with E-state index >= 15 is 0 Å². The molecule has 0 bridgehead atoms. The second-order valence-electron chi connectivity index (χ2n) is 7.23. The predicted octanol–water partition coefficient (Wildman–Crippen LogP) is 3.16. The van der Waals surface area contributed by atoms with E-state index < -0.39 is 0 Å². The summed E-state index contributed by atoms with van der Waals surface area (Å²) >= 11 is 0. The molecule has 1 aromatic heterocycles. The quantitative estimate of drug-likeness (QED) is 0.696. The van der Waals surface area contributed by atoms with Gasteiger partial charge in [0.1, 0.15) is 0 Å². The van der Waals surface area contributed by atoms with Crippen molar-refractivity contribution in [1.29, 1.82) is 0 Å². The molecule has 7 heteroatoms. The molecule has 1 fully saturated rings. The van der Waals surface area contributed by atoms with Crippen LogP contribution in [0.4, 0.5) is 0 Å². The molecule has 28 heavy (non-hydrogen) atoms. The summed E-state index contributed by atoms with van der Waals surface area (Å²) in [5.41, 5.74) is 2.24. The second kappa shape index (κ2) is 7.59. The summed E-state index contributed by atoms with van der Waals surface area (Å²) in [5, 5.41) is 12.4. The number of benzene rings is 2. The van der Waals surface area contributed by atoms with Gasteiger partial charge < -0.3 is 9.47 Å². The second-order valence-corrected chi connectivity index (χ2v) is 7.23. The Morgan fingerprint density at radius 2 is 1.82 bits per heavy atom. The summed E-state index contributed by atoms with van der Waals surface area (Å²) < 4.78 is 13.5. The number of nitrogens with zero attached hydrogens (tertiary/aromatic N) is 5. The fourth-order valence-corrected chi connectivity index (χ4v) is 4.04. The molecule has 2 aliphatic heterocycles. The average Bonchev–Trinajstić information content (AvgIpc) is 3.33. The lowest BCUT2D eigenvalue weighted by Crippen LogP contribution is -2.24. The lowest BCUT2D eigenvalue weighted by Gasteiger charge is -2.25. The van der Waals surface area contributed by atoms with E-state index in [2.05, 4.69) is 32.6 Å². The van der Waals surface area contributed by atoms with Gasteiger partial charge in [0, 0.05) is 12.5 Å². The van der Waals surface area contributed by atoms with Crippen molar-refractivity contribution in [1.82, 2.24) is 25.1 Å². The van der Waals surface area contributed by atoms with E-state index in [0.717, 1.165) is 48.8 Å². The van der Waals surface area contributed by atoms with Gasteiger partial charge in [-0.1, -0.05) is 24.3 Å². The van der Waals surface area contributed by atoms with Crippen LogP contribution in [0, 0.1) is 0 Å². The van der Waals surface area contributed by atoms with Crippen LogP contribution in [-0.4, -0.2) is 44.9 Å². The van der Waals surface area contributed by atoms with Gasteiger partial charge in [-0.05, 0) is 59.6 Å². The van der Waals surface area contributed by atoms with Crippen molar-refractivity contribution in [2.24, 2.45) is 0 Å². The lowest BCUT2D eigenvalue weighted by atomic mass is 10.0. The molecule has 0 N–H and O–H groups in total. The number of rotatable bonds is 4. The Bertz CT molecular complexity index is 943. The Morgan fingerprint density at radius 1 is 0.964 bits per heavy atom. The van der Waals surface area contributed by atoms with Gasteiger partial charge in [0.15, 0.2) is 17.3 Å². The largest absolute Gasteiger partial charge is 0.490 e. The molecule has 2 aliphatic rings. The lowest BCUT2D eigenvalue weighted by molar-refractivity contribution is 0.239. The van der Waals surface area contributed by atoms with Crippen molar-refractivity contribution < 1.29 is 9.47 Å². The third kappa shape index (κ3) is 3.33. The first-order chi connectivity index (χ1) is 13.9. The zero-order valence-corrected chi connectivity index (χ0v) is 15.7. The summed E-state index contributed by atoms with van der Waals surface area (Å²) in [6, 6.07) is 16.7. The van der Waals surface area contributed by atoms with Gasteiger partial charge in [0.2, 0.25) is 0 Å². The van der Waals surface area contributed by atoms with Crippen LogP contribution >= 0.6 is 0 Å². The number of aromatic nitrogens is 4. The molecule has 0 amide bonds. The van der Waals surface area contributed by atoms with Gasteiger partial charge in [0.05, 0.1) is 25.4 Å². The van der Waals surface area contributed by atoms with Crippen molar-refractivity contribution in [3.05, 3.63) is 59.9 Å². The van der Waals surface area contributed by atoms with Crippen LogP contribution in [0.25, 0.3) is 5.69 Å². The molecule has 1 saturated heterocycles. The van der Waals surface area contributed by atoms with Crippen LogP contribution in [-0.2, 0) is 6.54 Å². The van der Waals surface area contributed by atoms with Crippen molar-refractivity contribution >= 4 is 0 Å². The van der Waals surface area contributed by atoms with E-state index in [9.17, 15) is 0 Å². The number of para-hydroxylation sites is 1. The van der Waals surface area contributed by atoms with Crippen LogP contribution in [0.1, 0.15) is 36.7 Å². The minimum atomic E-state index is 0.332. The minimum absolute atomic E-state index is 0.332. The van der Waals surface area contributed by atoms with Crippen molar-refractivity contribution in [2.45, 2.75) is 31.8 Å². The summed E-state index contributed by atoms with van der Waals surface area (Å²) in [5.74, 6) is 2.56. The number of tetrazole rings is 1. The summed E-state index contributed by atoms with van der Waals surface area (Å²) in [4.78, 5) is 2.45. The molecule has 1 atom stereocenters. The monoisotopic (exact) mass is 377 g/mol. The molecule has 144 valence electrons. The van der Waals surface area contributed by atoms with Gasteiger partial charge >= 0.3 is 0 Å². The van der Waals surface area contributed by atoms with E-state index in [0.29, 0.717) is 25.8 Å². The van der Waals surface area contributed by atoms with E-state index in [1.165, 1.54) is 5.56 Å². The highest BCUT2D eigenvalue weighted by Gasteiger charge is 2.28. The van der Waals surface area contributed by atoms with Crippen LogP contribution in [0.2, 0.25) is 0 Å². The maximum atomic E-state index is 5.89. The molecule has 3 aromatic rings. The van der Waals surface area contributed by atoms with Crippen molar-refractivity contribution in [2.75, 3.05) is 19.8 Å². The van der Waals surface area contributed by atoms with Crippen LogP contribution < -0.4 is 9.47 Å². The zero-order chi connectivity index (χ0) is 18.8. The van der Waals surface area contributed by atoms with E-state index in [1.54, 1.807) is 0 Å². The molecular weight excluding hydrogens is 354 g/mol. The van der Waals surface area contributed by atoms with Crippen molar-refractivity contribution in [3.63, 3.8) is 0 Å². The van der Waals surface area contributed by atoms with Gasteiger partial charge in [0.25, 0.3) is 0 Å². The molecule has 0 spiro atoms. The fraction of sp³-hybridized carbons (Fsp3) is 0.381. The Balaban J connectivity index is 1.39. The normalized spacial score (nSPS) is 19.5. The summed E-state index contributed by atoms with van der Waals surface area (Å²) in [7, 11) is 0. The minimum Gasteiger partial charge on any atom is -0.490 e. The number of ether oxygens (including phenoxy) is 2. The number of hydrogen-bond acceptors (Lipinski definition) is 6. The molecule has 0 saturated carbocycles. The first kappa shape index (κ1) is 17.2. The molecule has 0 radical (unpaired) electrons. The smallest absolute Gasteiger partial charge is 0.170 e. The molecule has 1 unspecified atom stereocenters. The maximum Gasteiger partial charge on any atom is 0.170 e. The maximum absolute atomic E-state index is 5.89. The molecule has 2 aromatic carbocycles. The molecular formula is C21H23N5O2. The molecule has 3 heterocycles. The van der Waals surface area contributed by atoms with E-state index in [1.807, 2.05) is 41.1 Å². The Kier molecular flexibility index (Phi) is 4.66. The van der Waals surface area contributed by atoms with Crippen LogP contribution in [0.5, 0.6) is 11.5 Å². The van der Waals surface area contributed by atoms with E-state index in [-0.39, 0.29) is 0 Å². The predicted molar refractivity (Wildman–Crippen MR) is 104 cm³/mol. The van der Waals surface area contributed by atoms with Crippen LogP contribution in [0.15, 0.2) is 48.5 Å². The van der Waals surface area contributed by atoms with Gasteiger partial charge in [-0.3, -0.25) is 4.90 Å². The highest BCUT2D eigenvalue weighted by Crippen LogP contribution is 2.38.